The largest absolute Gasteiger partial charge is 0.480 e. The summed E-state index contributed by atoms with van der Waals surface area (Å²) in [5.41, 5.74) is -0.789. The van der Waals surface area contributed by atoms with Crippen LogP contribution in [0.1, 0.15) is 30.6 Å². The summed E-state index contributed by atoms with van der Waals surface area (Å²) in [6.45, 7) is 3.56. The average Bonchev–Trinajstić information content (AvgIpc) is 2.25. The highest BCUT2D eigenvalue weighted by molar-refractivity contribution is 9.10. The number of rotatable bonds is 5. The van der Waals surface area contributed by atoms with E-state index in [0.717, 1.165) is 12.1 Å². The lowest BCUT2D eigenvalue weighted by atomic mass is 10.0. The Labute approximate surface area is 123 Å². The van der Waals surface area contributed by atoms with Crippen molar-refractivity contribution >= 4 is 27.8 Å². The standard InChI is InChI=1S/C13H14BrF2NO3/c1-6(2)3-10(13(19)20)17-12(18)11-8(15)4-7(14)5-9(11)16/h4-6,10H,3H2,1-2H3,(H,17,18)(H,19,20). The van der Waals surface area contributed by atoms with Crippen LogP contribution in [0.4, 0.5) is 8.78 Å². The Hall–Kier alpha value is -1.50. The van der Waals surface area contributed by atoms with E-state index in [9.17, 15) is 18.4 Å². The molecule has 20 heavy (non-hydrogen) atoms. The molecule has 1 amide bonds. The zero-order chi connectivity index (χ0) is 15.4. The molecule has 0 saturated carbocycles. The van der Waals surface area contributed by atoms with Crippen molar-refractivity contribution in [1.82, 2.24) is 5.32 Å². The summed E-state index contributed by atoms with van der Waals surface area (Å²) in [5.74, 6) is -4.42. The van der Waals surface area contributed by atoms with E-state index in [2.05, 4.69) is 21.2 Å². The molecule has 0 radical (unpaired) electrons. The van der Waals surface area contributed by atoms with E-state index in [1.165, 1.54) is 0 Å². The topological polar surface area (TPSA) is 66.4 Å². The summed E-state index contributed by atoms with van der Waals surface area (Å²) in [7, 11) is 0. The fraction of sp³-hybridized carbons (Fsp3) is 0.385. The lowest BCUT2D eigenvalue weighted by Crippen LogP contribution is -2.42. The van der Waals surface area contributed by atoms with Gasteiger partial charge in [0.15, 0.2) is 0 Å². The van der Waals surface area contributed by atoms with Gasteiger partial charge < -0.3 is 10.4 Å². The molecule has 7 heteroatoms. The Bertz CT molecular complexity index is 511. The Morgan fingerprint density at radius 1 is 1.30 bits per heavy atom. The van der Waals surface area contributed by atoms with Crippen LogP contribution in [0.3, 0.4) is 0 Å². The number of carboxylic acids is 1. The zero-order valence-electron chi connectivity index (χ0n) is 10.9. The molecule has 0 spiro atoms. The Morgan fingerprint density at radius 3 is 2.20 bits per heavy atom. The van der Waals surface area contributed by atoms with Crippen molar-refractivity contribution in [1.29, 1.82) is 0 Å². The predicted octanol–water partition coefficient (Wildman–Crippen LogP) is 2.96. The summed E-state index contributed by atoms with van der Waals surface area (Å²) in [4.78, 5) is 22.8. The van der Waals surface area contributed by atoms with Crippen molar-refractivity contribution in [3.8, 4) is 0 Å². The minimum absolute atomic E-state index is 0.0102. The van der Waals surface area contributed by atoms with Gasteiger partial charge in [-0.2, -0.15) is 0 Å². The molecule has 0 saturated heterocycles. The molecule has 110 valence electrons. The molecule has 0 fully saturated rings. The second-order valence-corrected chi connectivity index (χ2v) is 5.65. The zero-order valence-corrected chi connectivity index (χ0v) is 12.5. The highest BCUT2D eigenvalue weighted by Gasteiger charge is 2.25. The quantitative estimate of drug-likeness (QED) is 0.858. The fourth-order valence-corrected chi connectivity index (χ4v) is 2.08. The molecule has 0 heterocycles. The first-order valence-corrected chi connectivity index (χ1v) is 6.70. The average molecular weight is 350 g/mol. The van der Waals surface area contributed by atoms with E-state index in [1.807, 2.05) is 0 Å². The van der Waals surface area contributed by atoms with Crippen LogP contribution < -0.4 is 5.32 Å². The van der Waals surface area contributed by atoms with Crippen LogP contribution in [0, 0.1) is 17.6 Å². The minimum atomic E-state index is -1.25. The van der Waals surface area contributed by atoms with E-state index >= 15 is 0 Å². The van der Waals surface area contributed by atoms with Crippen LogP contribution in [0.5, 0.6) is 0 Å². The summed E-state index contributed by atoms with van der Waals surface area (Å²) in [5, 5.41) is 11.1. The third kappa shape index (κ3) is 4.26. The van der Waals surface area contributed by atoms with E-state index in [0.29, 0.717) is 0 Å². The van der Waals surface area contributed by atoms with Gasteiger partial charge >= 0.3 is 5.97 Å². The smallest absolute Gasteiger partial charge is 0.326 e. The number of nitrogens with one attached hydrogen (secondary N) is 1. The summed E-state index contributed by atoms with van der Waals surface area (Å²) in [6, 6.07) is 0.692. The van der Waals surface area contributed by atoms with Gasteiger partial charge in [-0.25, -0.2) is 13.6 Å². The number of amides is 1. The number of halogens is 3. The SMILES string of the molecule is CC(C)CC(NC(=O)c1c(F)cc(Br)cc1F)C(=O)O. The monoisotopic (exact) mass is 349 g/mol. The molecule has 0 aromatic heterocycles. The molecule has 4 nitrogen and oxygen atoms in total. The van der Waals surface area contributed by atoms with E-state index in [1.54, 1.807) is 13.8 Å². The Balaban J connectivity index is 2.98. The second-order valence-electron chi connectivity index (χ2n) is 4.74. The maximum absolute atomic E-state index is 13.6. The van der Waals surface area contributed by atoms with Crippen LogP contribution in [0.15, 0.2) is 16.6 Å². The van der Waals surface area contributed by atoms with Gasteiger partial charge in [-0.3, -0.25) is 4.79 Å². The normalized spacial score (nSPS) is 12.3. The van der Waals surface area contributed by atoms with Crippen LogP contribution in [-0.2, 0) is 4.79 Å². The lowest BCUT2D eigenvalue weighted by Gasteiger charge is -2.17. The molecule has 0 aliphatic carbocycles. The van der Waals surface area contributed by atoms with Crippen LogP contribution in [0.2, 0.25) is 0 Å². The van der Waals surface area contributed by atoms with Crippen molar-refractivity contribution in [3.05, 3.63) is 33.8 Å². The Kier molecular flexibility index (Phi) is 5.62. The number of aliphatic carboxylic acids is 1. The highest BCUT2D eigenvalue weighted by atomic mass is 79.9. The molecule has 1 atom stereocenters. The fourth-order valence-electron chi connectivity index (χ4n) is 1.68. The first-order valence-electron chi connectivity index (χ1n) is 5.90. The predicted molar refractivity (Wildman–Crippen MR) is 72.4 cm³/mol. The summed E-state index contributed by atoms with van der Waals surface area (Å²) in [6.07, 6.45) is 0.167. The number of benzene rings is 1. The molecule has 1 unspecified atom stereocenters. The van der Waals surface area contributed by atoms with Crippen molar-refractivity contribution in [2.75, 3.05) is 0 Å². The number of hydrogen-bond acceptors (Lipinski definition) is 2. The first kappa shape index (κ1) is 16.6. The molecule has 0 aliphatic rings. The molecule has 0 aliphatic heterocycles. The van der Waals surface area contributed by atoms with Gasteiger partial charge in [0.25, 0.3) is 5.91 Å². The van der Waals surface area contributed by atoms with Crippen molar-refractivity contribution in [2.24, 2.45) is 5.92 Å². The molecule has 2 N–H and O–H groups in total. The minimum Gasteiger partial charge on any atom is -0.480 e. The third-order valence-electron chi connectivity index (χ3n) is 2.54. The van der Waals surface area contributed by atoms with Gasteiger partial charge in [-0.05, 0) is 24.5 Å². The number of carboxylic acid groups (broad SMARTS) is 1. The van der Waals surface area contributed by atoms with Gasteiger partial charge in [0.1, 0.15) is 23.2 Å². The lowest BCUT2D eigenvalue weighted by molar-refractivity contribution is -0.139. The number of hydrogen-bond donors (Lipinski definition) is 2. The van der Waals surface area contributed by atoms with Crippen molar-refractivity contribution in [3.63, 3.8) is 0 Å². The molecule has 0 bridgehead atoms. The van der Waals surface area contributed by atoms with Crippen LogP contribution >= 0.6 is 15.9 Å². The summed E-state index contributed by atoms with van der Waals surface area (Å²) >= 11 is 2.90. The van der Waals surface area contributed by atoms with E-state index in [4.69, 9.17) is 5.11 Å². The van der Waals surface area contributed by atoms with Crippen molar-refractivity contribution in [2.45, 2.75) is 26.3 Å². The molecular formula is C13H14BrF2NO3. The first-order chi connectivity index (χ1) is 9.22. The van der Waals surface area contributed by atoms with Gasteiger partial charge in [-0.15, -0.1) is 0 Å². The number of carbonyl (C=O) groups excluding carboxylic acids is 1. The van der Waals surface area contributed by atoms with Gasteiger partial charge in [-0.1, -0.05) is 29.8 Å². The Morgan fingerprint density at radius 2 is 1.80 bits per heavy atom. The van der Waals surface area contributed by atoms with Crippen LogP contribution in [-0.4, -0.2) is 23.0 Å². The number of carbonyl (C=O) groups is 2. The molecule has 1 aromatic rings. The van der Waals surface area contributed by atoms with E-state index < -0.39 is 35.1 Å². The van der Waals surface area contributed by atoms with Gasteiger partial charge in [0, 0.05) is 4.47 Å². The molecular weight excluding hydrogens is 336 g/mol. The summed E-state index contributed by atoms with van der Waals surface area (Å²) < 4.78 is 27.3. The highest BCUT2D eigenvalue weighted by Crippen LogP contribution is 2.19. The van der Waals surface area contributed by atoms with Gasteiger partial charge in [0.2, 0.25) is 0 Å². The van der Waals surface area contributed by atoms with Gasteiger partial charge in [0.05, 0.1) is 0 Å². The maximum Gasteiger partial charge on any atom is 0.326 e. The third-order valence-corrected chi connectivity index (χ3v) is 3.00. The molecule has 1 aromatic carbocycles. The van der Waals surface area contributed by atoms with E-state index in [-0.39, 0.29) is 16.8 Å². The van der Waals surface area contributed by atoms with Crippen molar-refractivity contribution < 1.29 is 23.5 Å². The molecule has 1 rings (SSSR count). The second kappa shape index (κ2) is 6.78. The maximum atomic E-state index is 13.6. The van der Waals surface area contributed by atoms with Crippen LogP contribution in [0.25, 0.3) is 0 Å².